The highest BCUT2D eigenvalue weighted by molar-refractivity contribution is 9.10. The van der Waals surface area contributed by atoms with Crippen molar-refractivity contribution in [1.29, 1.82) is 0 Å². The van der Waals surface area contributed by atoms with Gasteiger partial charge in [0.15, 0.2) is 36.4 Å². The van der Waals surface area contributed by atoms with Gasteiger partial charge in [0.2, 0.25) is 11.6 Å². The molecule has 0 fully saturated rings. The molecule has 0 spiro atoms. The molecule has 48 heavy (non-hydrogen) atoms. The number of sulfonamides is 1. The normalized spacial score (nSPS) is 11.2. The molecule has 5 rings (SSSR count). The molecule has 0 aliphatic heterocycles. The first-order valence-corrected chi connectivity index (χ1v) is 16.6. The van der Waals surface area contributed by atoms with Crippen LogP contribution in [0.3, 0.4) is 0 Å². The van der Waals surface area contributed by atoms with Crippen LogP contribution in [0.5, 0.6) is 29.1 Å². The number of aromatic nitrogens is 6. The van der Waals surface area contributed by atoms with Crippen molar-refractivity contribution in [3.8, 4) is 52.6 Å². The number of hydrogen-bond donors (Lipinski definition) is 1. The number of para-hydroxylation sites is 2. The van der Waals surface area contributed by atoms with Gasteiger partial charge in [-0.3, -0.25) is 4.72 Å². The van der Waals surface area contributed by atoms with E-state index >= 15 is 0 Å². The SMILES string of the molecule is COc1ccccc1Oc1c(NS(=O)(=O)c2ccc(C(C)(C)C)cc2)nc(-c2ncccn2)nc1OCC#CCOc1ncc(Br)cn1. The van der Waals surface area contributed by atoms with Crippen LogP contribution in [-0.2, 0) is 15.4 Å². The van der Waals surface area contributed by atoms with Crippen molar-refractivity contribution in [2.24, 2.45) is 0 Å². The summed E-state index contributed by atoms with van der Waals surface area (Å²) in [7, 11) is -2.71. The van der Waals surface area contributed by atoms with Crippen LogP contribution in [0.25, 0.3) is 11.6 Å². The summed E-state index contributed by atoms with van der Waals surface area (Å²) >= 11 is 3.27. The number of halogens is 1. The number of benzene rings is 2. The lowest BCUT2D eigenvalue weighted by molar-refractivity contribution is 0.322. The topological polar surface area (TPSA) is 160 Å². The Labute approximate surface area is 286 Å². The molecule has 0 unspecified atom stereocenters. The van der Waals surface area contributed by atoms with Gasteiger partial charge in [0.05, 0.1) is 16.5 Å². The van der Waals surface area contributed by atoms with E-state index in [1.165, 1.54) is 31.6 Å². The monoisotopic (exact) mass is 731 g/mol. The highest BCUT2D eigenvalue weighted by Crippen LogP contribution is 2.41. The summed E-state index contributed by atoms with van der Waals surface area (Å²) in [6, 6.07) is 15.2. The Morgan fingerprint density at radius 3 is 2.10 bits per heavy atom. The minimum atomic E-state index is -4.19. The number of nitrogens with one attached hydrogen (secondary N) is 1. The van der Waals surface area contributed by atoms with Crippen molar-refractivity contribution in [2.45, 2.75) is 31.1 Å². The Morgan fingerprint density at radius 2 is 1.46 bits per heavy atom. The molecule has 0 radical (unpaired) electrons. The van der Waals surface area contributed by atoms with Crippen molar-refractivity contribution in [2.75, 3.05) is 25.0 Å². The van der Waals surface area contributed by atoms with Crippen LogP contribution in [0.4, 0.5) is 5.82 Å². The number of anilines is 1. The molecule has 15 heteroatoms. The van der Waals surface area contributed by atoms with Crippen molar-refractivity contribution < 1.29 is 27.4 Å². The van der Waals surface area contributed by atoms with Crippen LogP contribution in [0, 0.1) is 11.8 Å². The second-order valence-electron chi connectivity index (χ2n) is 10.9. The summed E-state index contributed by atoms with van der Waals surface area (Å²) < 4.78 is 53.8. The second-order valence-corrected chi connectivity index (χ2v) is 13.4. The molecule has 0 bridgehead atoms. The quantitative estimate of drug-likeness (QED) is 0.162. The lowest BCUT2D eigenvalue weighted by Gasteiger charge is -2.20. The zero-order chi connectivity index (χ0) is 34.1. The summed E-state index contributed by atoms with van der Waals surface area (Å²) in [4.78, 5) is 25.5. The molecule has 0 atom stereocenters. The summed E-state index contributed by atoms with van der Waals surface area (Å²) in [6.45, 7) is 5.93. The van der Waals surface area contributed by atoms with Gasteiger partial charge in [0.1, 0.15) is 0 Å². The maximum atomic E-state index is 13.7. The van der Waals surface area contributed by atoms with Gasteiger partial charge in [-0.2, -0.15) is 4.98 Å². The fraction of sp³-hybridized carbons (Fsp3) is 0.212. The third-order valence-corrected chi connectivity index (χ3v) is 8.18. The lowest BCUT2D eigenvalue weighted by Crippen LogP contribution is -2.17. The number of rotatable bonds is 11. The van der Waals surface area contributed by atoms with Gasteiger partial charge in [0.25, 0.3) is 15.9 Å². The van der Waals surface area contributed by atoms with Gasteiger partial charge >= 0.3 is 6.01 Å². The molecule has 0 saturated heterocycles. The molecule has 0 saturated carbocycles. The lowest BCUT2D eigenvalue weighted by atomic mass is 9.87. The van der Waals surface area contributed by atoms with E-state index in [0.717, 1.165) is 5.56 Å². The smallest absolute Gasteiger partial charge is 0.317 e. The van der Waals surface area contributed by atoms with E-state index < -0.39 is 10.0 Å². The Balaban J connectivity index is 1.52. The number of nitrogens with zero attached hydrogens (tertiary/aromatic N) is 6. The maximum Gasteiger partial charge on any atom is 0.317 e. The van der Waals surface area contributed by atoms with Gasteiger partial charge in [-0.25, -0.2) is 33.3 Å². The van der Waals surface area contributed by atoms with E-state index in [9.17, 15) is 8.42 Å². The molecule has 1 N–H and O–H groups in total. The van der Waals surface area contributed by atoms with Crippen LogP contribution in [0.2, 0.25) is 0 Å². The molecule has 0 aliphatic carbocycles. The van der Waals surface area contributed by atoms with E-state index in [4.69, 9.17) is 18.9 Å². The number of ether oxygens (including phenoxy) is 4. The zero-order valence-electron chi connectivity index (χ0n) is 26.3. The van der Waals surface area contributed by atoms with Gasteiger partial charge in [-0.05, 0) is 57.2 Å². The standard InChI is InChI=1S/C33H30BrN7O6S/c1-33(2,3)22-12-14-24(15-13-22)48(42,43)41-28-27(47-26-11-6-5-10-25(26)44-4)31(40-30(39-28)29-35-16-9-17-36-29)45-18-7-8-19-46-32-37-20-23(34)21-38-32/h5-6,9-17,20-21H,18-19H2,1-4H3,(H,39,40,41). The zero-order valence-corrected chi connectivity index (χ0v) is 28.7. The second kappa shape index (κ2) is 15.1. The number of hydrogen-bond acceptors (Lipinski definition) is 12. The third kappa shape index (κ3) is 8.72. The van der Waals surface area contributed by atoms with E-state index in [-0.39, 0.29) is 64.4 Å². The number of methoxy groups -OCH3 is 1. The van der Waals surface area contributed by atoms with Crippen LogP contribution in [0.15, 0.2) is 88.8 Å². The van der Waals surface area contributed by atoms with E-state index in [1.54, 1.807) is 54.9 Å². The van der Waals surface area contributed by atoms with Gasteiger partial charge in [-0.15, -0.1) is 0 Å². The minimum Gasteiger partial charge on any atom is -0.493 e. The Morgan fingerprint density at radius 1 is 0.812 bits per heavy atom. The third-order valence-electron chi connectivity index (χ3n) is 6.42. The molecule has 5 aromatic rings. The predicted molar refractivity (Wildman–Crippen MR) is 181 cm³/mol. The predicted octanol–water partition coefficient (Wildman–Crippen LogP) is 5.85. The van der Waals surface area contributed by atoms with Crippen LogP contribution >= 0.6 is 15.9 Å². The summed E-state index contributed by atoms with van der Waals surface area (Å²) in [5, 5.41) is 0. The van der Waals surface area contributed by atoms with Crippen LogP contribution < -0.4 is 23.7 Å². The summed E-state index contributed by atoms with van der Waals surface area (Å²) in [5.74, 6) is 5.86. The molecule has 2 aromatic carbocycles. The Kier molecular flexibility index (Phi) is 10.7. The highest BCUT2D eigenvalue weighted by atomic mass is 79.9. The Hall–Kier alpha value is -5.33. The fourth-order valence-corrected chi connectivity index (χ4v) is 5.23. The van der Waals surface area contributed by atoms with E-state index in [0.29, 0.717) is 10.2 Å². The molecule has 246 valence electrons. The van der Waals surface area contributed by atoms with Gasteiger partial charge < -0.3 is 18.9 Å². The van der Waals surface area contributed by atoms with Crippen molar-refractivity contribution in [3.05, 3.63) is 89.4 Å². The molecular formula is C33H30BrN7O6S. The van der Waals surface area contributed by atoms with Crippen molar-refractivity contribution in [3.63, 3.8) is 0 Å². The van der Waals surface area contributed by atoms with Crippen LogP contribution in [-0.4, -0.2) is 58.6 Å². The first kappa shape index (κ1) is 34.0. The summed E-state index contributed by atoms with van der Waals surface area (Å²) in [5.41, 5.74) is 0.801. The first-order valence-electron chi connectivity index (χ1n) is 14.4. The molecular weight excluding hydrogens is 702 g/mol. The summed E-state index contributed by atoms with van der Waals surface area (Å²) in [6.07, 6.45) is 6.12. The highest BCUT2D eigenvalue weighted by Gasteiger charge is 2.26. The van der Waals surface area contributed by atoms with Crippen molar-refractivity contribution in [1.82, 2.24) is 29.9 Å². The van der Waals surface area contributed by atoms with Crippen molar-refractivity contribution >= 4 is 31.8 Å². The maximum absolute atomic E-state index is 13.7. The molecule has 3 heterocycles. The molecule has 3 aromatic heterocycles. The largest absolute Gasteiger partial charge is 0.493 e. The van der Waals surface area contributed by atoms with Crippen LogP contribution in [0.1, 0.15) is 26.3 Å². The Bertz CT molecular complexity index is 2030. The molecule has 0 aliphatic rings. The van der Waals surface area contributed by atoms with Gasteiger partial charge in [-0.1, -0.05) is 56.9 Å². The average Bonchev–Trinajstić information content (AvgIpc) is 3.08. The van der Waals surface area contributed by atoms with E-state index in [2.05, 4.69) is 62.4 Å². The van der Waals surface area contributed by atoms with Gasteiger partial charge in [0, 0.05) is 24.8 Å². The average molecular weight is 733 g/mol. The van der Waals surface area contributed by atoms with E-state index in [1.807, 2.05) is 20.8 Å². The fourth-order valence-electron chi connectivity index (χ4n) is 4.02. The first-order chi connectivity index (χ1) is 23.0. The molecule has 13 nitrogen and oxygen atoms in total. The molecule has 0 amide bonds. The minimum absolute atomic E-state index is 0.0120.